The molecule has 0 aromatic rings. The minimum Gasteiger partial charge on any atom is -0.347 e. The molecule has 6 heavy (non-hydrogen) atoms. The molecule has 0 fully saturated rings. The molecule has 0 aliphatic heterocycles. The van der Waals surface area contributed by atoms with E-state index in [9.17, 15) is 0 Å². The highest BCUT2D eigenvalue weighted by molar-refractivity contribution is 7.80. The Labute approximate surface area is 47.0 Å². The molecule has 2 nitrogen and oxygen atoms in total. The molecule has 0 radical (unpaired) electrons. The quantitative estimate of drug-likeness (QED) is 0.366. The molecular weight excluding hydrogens is 134 g/mol. The van der Waals surface area contributed by atoms with Crippen molar-refractivity contribution in [3.05, 3.63) is 0 Å². The molecule has 2 atom stereocenters. The minimum absolute atomic E-state index is 0.602. The van der Waals surface area contributed by atoms with Crippen LogP contribution in [0.5, 0.6) is 0 Å². The van der Waals surface area contributed by atoms with Gasteiger partial charge in [-0.1, -0.05) is 0 Å². The van der Waals surface area contributed by atoms with Gasteiger partial charge in [0, 0.05) is 0 Å². The topological polar surface area (TPSA) is 24.1 Å². The molecule has 0 spiro atoms. The maximum Gasteiger partial charge on any atom is 0.172 e. The Bertz CT molecular complexity index is 49.5. The summed E-state index contributed by atoms with van der Waals surface area (Å²) < 4.78 is 0. The first kappa shape index (κ1) is 6.55. The summed E-state index contributed by atoms with van der Waals surface area (Å²) in [7, 11) is 4.54. The van der Waals surface area contributed by atoms with Gasteiger partial charge < -0.3 is 10.2 Å². The molecule has 2 N–H and O–H groups in total. The van der Waals surface area contributed by atoms with E-state index in [1.54, 1.807) is 0 Å². The van der Waals surface area contributed by atoms with Crippen molar-refractivity contribution < 1.29 is 0 Å². The average Bonchev–Trinajstić information content (AvgIpc) is 1.65. The van der Waals surface area contributed by atoms with Crippen LogP contribution in [-0.2, 0) is 0 Å². The van der Waals surface area contributed by atoms with Gasteiger partial charge in [-0.3, -0.25) is 0 Å². The lowest BCUT2D eigenvalue weighted by atomic mass is 11.2. The smallest absolute Gasteiger partial charge is 0.172 e. The lowest BCUT2D eigenvalue weighted by Crippen LogP contribution is -2.19. The highest BCUT2D eigenvalue weighted by atomic mass is 32.1. The zero-order valence-corrected chi connectivity index (χ0v) is 6.19. The molecule has 0 aromatic heterocycles. The maximum atomic E-state index is 4.59. The summed E-state index contributed by atoms with van der Waals surface area (Å²) in [5.74, 6) is 0. The lowest BCUT2D eigenvalue weighted by Gasteiger charge is -1.95. The first-order valence-corrected chi connectivity index (χ1v) is 2.84. The van der Waals surface area contributed by atoms with Crippen LogP contribution in [0.2, 0.25) is 0 Å². The summed E-state index contributed by atoms with van der Waals surface area (Å²) in [6, 6.07) is 0. The molecule has 36 valence electrons. The van der Waals surface area contributed by atoms with Crippen LogP contribution in [0.1, 0.15) is 0 Å². The van der Waals surface area contributed by atoms with Crippen LogP contribution in [0.15, 0.2) is 0 Å². The van der Waals surface area contributed by atoms with Crippen molar-refractivity contribution in [1.29, 1.82) is 0 Å². The fraction of sp³-hybridized carbons (Fsp3) is 0. The molecule has 2 unspecified atom stereocenters. The molecule has 0 heterocycles. The van der Waals surface area contributed by atoms with E-state index in [2.05, 4.69) is 41.2 Å². The van der Waals surface area contributed by atoms with Gasteiger partial charge in [0.05, 0.1) is 0 Å². The number of nitrogens with one attached hydrogen (secondary N) is 2. The van der Waals surface area contributed by atoms with Crippen molar-refractivity contribution in [2.45, 2.75) is 0 Å². The SMILES string of the molecule is PNC(=S)NP. The monoisotopic (exact) mass is 140 g/mol. The molecule has 0 aliphatic carbocycles. The standard InChI is InChI=1S/CH6N2P2S/c4-2-1(6)3-5/h4-5H2,(H2,2,3,6). The Morgan fingerprint density at radius 1 is 1.33 bits per heavy atom. The van der Waals surface area contributed by atoms with Gasteiger partial charge >= 0.3 is 0 Å². The molecule has 0 saturated carbocycles. The van der Waals surface area contributed by atoms with Gasteiger partial charge in [0.15, 0.2) is 5.11 Å². The second-order valence-corrected chi connectivity index (χ2v) is 1.60. The Morgan fingerprint density at radius 3 is 1.67 bits per heavy atom. The van der Waals surface area contributed by atoms with E-state index in [1.807, 2.05) is 0 Å². The second-order valence-electron chi connectivity index (χ2n) is 0.618. The van der Waals surface area contributed by atoms with Crippen LogP contribution in [0.25, 0.3) is 0 Å². The first-order valence-electron chi connectivity index (χ1n) is 1.28. The largest absolute Gasteiger partial charge is 0.347 e. The van der Waals surface area contributed by atoms with Crippen molar-refractivity contribution in [1.82, 2.24) is 10.2 Å². The normalized spacial score (nSPS) is 7.00. The number of rotatable bonds is 0. The fourth-order valence-corrected chi connectivity index (χ4v) is 0.375. The Hall–Kier alpha value is 0.550. The van der Waals surface area contributed by atoms with E-state index >= 15 is 0 Å². The van der Waals surface area contributed by atoms with E-state index in [4.69, 9.17) is 0 Å². The summed E-state index contributed by atoms with van der Waals surface area (Å²) in [5, 5.41) is 5.86. The Kier molecular flexibility index (Phi) is 4.07. The van der Waals surface area contributed by atoms with Gasteiger partial charge in [-0.25, -0.2) is 0 Å². The maximum absolute atomic E-state index is 4.59. The number of hydrogen-bond donors (Lipinski definition) is 2. The predicted molar refractivity (Wildman–Crippen MR) is 38.3 cm³/mol. The van der Waals surface area contributed by atoms with Crippen LogP contribution in [-0.4, -0.2) is 5.11 Å². The lowest BCUT2D eigenvalue weighted by molar-refractivity contribution is 1.42. The van der Waals surface area contributed by atoms with E-state index < -0.39 is 0 Å². The molecular formula is CH6N2P2S. The molecule has 0 aliphatic rings. The summed E-state index contributed by atoms with van der Waals surface area (Å²) >= 11 is 4.59. The van der Waals surface area contributed by atoms with Crippen LogP contribution in [0.3, 0.4) is 0 Å². The summed E-state index contributed by atoms with van der Waals surface area (Å²) in [5.41, 5.74) is 0. The number of hydrogen-bond acceptors (Lipinski definition) is 1. The molecule has 5 heteroatoms. The zero-order chi connectivity index (χ0) is 4.99. The minimum atomic E-state index is 0.602. The summed E-state index contributed by atoms with van der Waals surface area (Å²) in [4.78, 5) is 0. The van der Waals surface area contributed by atoms with E-state index in [0.717, 1.165) is 0 Å². The first-order chi connectivity index (χ1) is 2.81. The molecule has 0 bridgehead atoms. The van der Waals surface area contributed by atoms with Gasteiger partial charge in [0.1, 0.15) is 0 Å². The summed E-state index contributed by atoms with van der Waals surface area (Å²) in [6.07, 6.45) is 0. The van der Waals surface area contributed by atoms with Crippen molar-refractivity contribution in [3.8, 4) is 0 Å². The average molecular weight is 140 g/mol. The highest BCUT2D eigenvalue weighted by Crippen LogP contribution is 1.73. The second kappa shape index (κ2) is 3.73. The van der Waals surface area contributed by atoms with E-state index in [1.165, 1.54) is 0 Å². The van der Waals surface area contributed by atoms with Crippen molar-refractivity contribution in [2.75, 3.05) is 0 Å². The summed E-state index contributed by atoms with van der Waals surface area (Å²) in [6.45, 7) is 0. The third-order valence-electron chi connectivity index (χ3n) is 0.262. The third-order valence-corrected chi connectivity index (χ3v) is 1.49. The predicted octanol–water partition coefficient (Wildman–Crippen LogP) is 0.0307. The Morgan fingerprint density at radius 2 is 1.67 bits per heavy atom. The zero-order valence-electron chi connectivity index (χ0n) is 3.06. The fourth-order valence-electron chi connectivity index (χ4n) is 0.0417. The van der Waals surface area contributed by atoms with E-state index in [-0.39, 0.29) is 0 Å². The van der Waals surface area contributed by atoms with Crippen LogP contribution >= 0.6 is 31.0 Å². The molecule has 0 rings (SSSR count). The van der Waals surface area contributed by atoms with Gasteiger partial charge in [0.25, 0.3) is 0 Å². The van der Waals surface area contributed by atoms with Crippen LogP contribution < -0.4 is 10.2 Å². The van der Waals surface area contributed by atoms with Crippen LogP contribution in [0, 0.1) is 0 Å². The third kappa shape index (κ3) is 2.77. The highest BCUT2D eigenvalue weighted by Gasteiger charge is 1.75. The molecule has 0 amide bonds. The van der Waals surface area contributed by atoms with Crippen molar-refractivity contribution in [3.63, 3.8) is 0 Å². The van der Waals surface area contributed by atoms with Crippen molar-refractivity contribution in [2.24, 2.45) is 0 Å². The van der Waals surface area contributed by atoms with Gasteiger partial charge in [-0.15, -0.1) is 0 Å². The van der Waals surface area contributed by atoms with E-state index in [0.29, 0.717) is 5.11 Å². The van der Waals surface area contributed by atoms with Crippen molar-refractivity contribution >= 4 is 36.1 Å². The van der Waals surface area contributed by atoms with Gasteiger partial charge in [0.2, 0.25) is 0 Å². The van der Waals surface area contributed by atoms with Crippen LogP contribution in [0.4, 0.5) is 0 Å². The number of thiocarbonyl (C=S) groups is 1. The molecule has 0 aromatic carbocycles. The van der Waals surface area contributed by atoms with Gasteiger partial charge in [-0.05, 0) is 31.0 Å². The Balaban J connectivity index is 2.99. The van der Waals surface area contributed by atoms with Gasteiger partial charge in [-0.2, -0.15) is 0 Å². The molecule has 0 saturated heterocycles.